The monoisotopic (exact) mass is 674 g/mol. The van der Waals surface area contributed by atoms with Crippen LogP contribution in [0.5, 0.6) is 0 Å². The van der Waals surface area contributed by atoms with Crippen molar-refractivity contribution in [3.63, 3.8) is 0 Å². The number of hydrogen-bond donors (Lipinski definition) is 0. The summed E-state index contributed by atoms with van der Waals surface area (Å²) in [7, 11) is 0.818. The van der Waals surface area contributed by atoms with Gasteiger partial charge < -0.3 is 0 Å². The van der Waals surface area contributed by atoms with Crippen molar-refractivity contribution in [2.45, 2.75) is 63.5 Å². The Morgan fingerprint density at radius 3 is 1.20 bits per heavy atom. The zero-order chi connectivity index (χ0) is 34.9. The molecule has 2 aliphatic carbocycles. The van der Waals surface area contributed by atoms with Gasteiger partial charge in [0.05, 0.1) is 0 Å². The Kier molecular flexibility index (Phi) is 9.32. The van der Waals surface area contributed by atoms with Gasteiger partial charge in [0.1, 0.15) is 0 Å². The first-order valence-electron chi connectivity index (χ1n) is 18.7. The summed E-state index contributed by atoms with van der Waals surface area (Å²) in [5.74, 6) is 1.69. The number of allylic oxidation sites excluding steroid dienone is 2. The van der Waals surface area contributed by atoms with Gasteiger partial charge in [-0.3, -0.25) is 0 Å². The van der Waals surface area contributed by atoms with Crippen molar-refractivity contribution in [2.75, 3.05) is 0 Å². The number of rotatable bonds is 10. The molecule has 2 aliphatic rings. The predicted molar refractivity (Wildman–Crippen MR) is 221 cm³/mol. The minimum absolute atomic E-state index is 0.376. The van der Waals surface area contributed by atoms with Crippen LogP contribution in [0, 0.1) is 0 Å². The second kappa shape index (κ2) is 14.3. The first kappa shape index (κ1) is 33.2. The molecular formula is C50H46Si. The summed E-state index contributed by atoms with van der Waals surface area (Å²) in [5, 5.41) is 0. The Hall–Kier alpha value is -4.98. The Morgan fingerprint density at radius 2 is 0.784 bits per heavy atom. The highest BCUT2D eigenvalue weighted by Crippen LogP contribution is 2.51. The lowest BCUT2D eigenvalue weighted by atomic mass is 9.88. The standard InChI is InChI=1S/C50H46Si/c1-33(2)37-21-11-13-23-39(37)41-25-15-27-43-47(41)29-45(35-17-7-5-8-18-35)49(43)31-51-32-50-44-28-16-26-42(40-24-14-12-22-38(40)34(3)4)48(44)30-46(50)36-19-9-6-10-20-36/h5-30,33-34,49-50H,31-32H2,1-4H3. The van der Waals surface area contributed by atoms with E-state index in [0.717, 1.165) is 21.6 Å². The fourth-order valence-corrected chi connectivity index (χ4v) is 10.2. The number of fused-ring (bicyclic) bond motifs is 2. The van der Waals surface area contributed by atoms with Crippen molar-refractivity contribution in [3.05, 3.63) is 190 Å². The maximum Gasteiger partial charge on any atom is 0.0397 e. The molecular weight excluding hydrogens is 629 g/mol. The third-order valence-electron chi connectivity index (χ3n) is 11.0. The minimum atomic E-state index is 0.376. The van der Waals surface area contributed by atoms with Crippen molar-refractivity contribution in [1.82, 2.24) is 0 Å². The highest BCUT2D eigenvalue weighted by molar-refractivity contribution is 6.37. The van der Waals surface area contributed by atoms with Crippen molar-refractivity contribution in [1.29, 1.82) is 0 Å². The van der Waals surface area contributed by atoms with Crippen LogP contribution in [-0.4, -0.2) is 9.52 Å². The van der Waals surface area contributed by atoms with E-state index in [2.05, 4.69) is 185 Å². The van der Waals surface area contributed by atoms with Crippen LogP contribution in [0.3, 0.4) is 0 Å². The Balaban J connectivity index is 1.15. The fraction of sp³-hybridized carbons (Fsp3) is 0.200. The van der Waals surface area contributed by atoms with Gasteiger partial charge in [-0.1, -0.05) is 185 Å². The van der Waals surface area contributed by atoms with Gasteiger partial charge in [0.15, 0.2) is 0 Å². The summed E-state index contributed by atoms with van der Waals surface area (Å²) in [4.78, 5) is 0. The summed E-state index contributed by atoms with van der Waals surface area (Å²) in [6.45, 7) is 9.23. The smallest absolute Gasteiger partial charge is 0.0397 e. The number of hydrogen-bond acceptors (Lipinski definition) is 0. The molecule has 0 N–H and O–H groups in total. The van der Waals surface area contributed by atoms with Gasteiger partial charge >= 0.3 is 0 Å². The van der Waals surface area contributed by atoms with E-state index < -0.39 is 0 Å². The summed E-state index contributed by atoms with van der Waals surface area (Å²) in [6.07, 6.45) is 5.04. The highest BCUT2D eigenvalue weighted by atomic mass is 28.2. The van der Waals surface area contributed by atoms with E-state index in [1.54, 1.807) is 0 Å². The summed E-state index contributed by atoms with van der Waals surface area (Å²) in [5.41, 5.74) is 19.7. The van der Waals surface area contributed by atoms with Crippen LogP contribution in [0.15, 0.2) is 146 Å². The summed E-state index contributed by atoms with van der Waals surface area (Å²) >= 11 is 0. The molecule has 0 aliphatic heterocycles. The molecule has 0 fully saturated rings. The molecule has 0 amide bonds. The molecule has 0 aromatic heterocycles. The van der Waals surface area contributed by atoms with Gasteiger partial charge in [-0.05, 0) is 102 Å². The maximum absolute atomic E-state index is 2.52. The van der Waals surface area contributed by atoms with E-state index in [9.17, 15) is 0 Å². The third-order valence-corrected chi connectivity index (χ3v) is 12.4. The van der Waals surface area contributed by atoms with Crippen molar-refractivity contribution >= 4 is 32.8 Å². The Morgan fingerprint density at radius 1 is 0.412 bits per heavy atom. The first-order valence-corrected chi connectivity index (χ1v) is 20.1. The molecule has 0 bridgehead atoms. The third kappa shape index (κ3) is 6.30. The van der Waals surface area contributed by atoms with E-state index in [1.807, 2.05) is 0 Å². The molecule has 51 heavy (non-hydrogen) atoms. The predicted octanol–water partition coefficient (Wildman–Crippen LogP) is 13.8. The lowest BCUT2D eigenvalue weighted by molar-refractivity contribution is 0.869. The molecule has 2 unspecified atom stereocenters. The van der Waals surface area contributed by atoms with Crippen LogP contribution in [0.4, 0.5) is 0 Å². The van der Waals surface area contributed by atoms with Crippen LogP contribution in [-0.2, 0) is 0 Å². The van der Waals surface area contributed by atoms with E-state index in [1.165, 1.54) is 77.9 Å². The second-order valence-electron chi connectivity index (χ2n) is 14.8. The van der Waals surface area contributed by atoms with Gasteiger partial charge in [-0.2, -0.15) is 0 Å². The normalized spacial score (nSPS) is 16.3. The molecule has 6 aromatic rings. The SMILES string of the molecule is CC(C)c1ccccc1-c1cccc2c1C=C(c1ccccc1)C2C[Si]CC1C(c2ccccc2)=Cc2c(-c3ccccc3C(C)C)cccc21. The van der Waals surface area contributed by atoms with Gasteiger partial charge in [0.25, 0.3) is 0 Å². The lowest BCUT2D eigenvalue weighted by Gasteiger charge is -2.22. The van der Waals surface area contributed by atoms with Crippen LogP contribution in [0.2, 0.25) is 12.1 Å². The van der Waals surface area contributed by atoms with E-state index in [-0.39, 0.29) is 0 Å². The zero-order valence-electron chi connectivity index (χ0n) is 30.2. The van der Waals surface area contributed by atoms with E-state index >= 15 is 0 Å². The van der Waals surface area contributed by atoms with Crippen molar-refractivity contribution in [3.8, 4) is 22.3 Å². The van der Waals surface area contributed by atoms with Gasteiger partial charge in [-0.15, -0.1) is 0 Å². The first-order chi connectivity index (χ1) is 25.0. The van der Waals surface area contributed by atoms with Crippen LogP contribution >= 0.6 is 0 Å². The van der Waals surface area contributed by atoms with Crippen LogP contribution in [0.1, 0.15) is 95.9 Å². The van der Waals surface area contributed by atoms with E-state index in [4.69, 9.17) is 0 Å². The molecule has 2 radical (unpaired) electrons. The van der Waals surface area contributed by atoms with Crippen LogP contribution < -0.4 is 0 Å². The Labute approximate surface area is 307 Å². The quantitative estimate of drug-likeness (QED) is 0.127. The molecule has 1 heteroatoms. The topological polar surface area (TPSA) is 0 Å². The maximum atomic E-state index is 2.52. The second-order valence-corrected chi connectivity index (χ2v) is 16.1. The molecule has 0 saturated carbocycles. The highest BCUT2D eigenvalue weighted by Gasteiger charge is 2.32. The molecule has 0 heterocycles. The van der Waals surface area contributed by atoms with Crippen LogP contribution in [0.25, 0.3) is 45.6 Å². The summed E-state index contributed by atoms with van der Waals surface area (Å²) < 4.78 is 0. The molecule has 6 aromatic carbocycles. The molecule has 0 spiro atoms. The fourth-order valence-electron chi connectivity index (χ4n) is 8.55. The Bertz CT molecular complexity index is 2070. The summed E-state index contributed by atoms with van der Waals surface area (Å²) in [6, 6.07) is 56.6. The number of benzene rings is 6. The van der Waals surface area contributed by atoms with Gasteiger partial charge in [-0.25, -0.2) is 0 Å². The van der Waals surface area contributed by atoms with Crippen molar-refractivity contribution in [2.24, 2.45) is 0 Å². The molecule has 8 rings (SSSR count). The lowest BCUT2D eigenvalue weighted by Crippen LogP contribution is -2.08. The van der Waals surface area contributed by atoms with Crippen molar-refractivity contribution < 1.29 is 0 Å². The average molecular weight is 675 g/mol. The minimum Gasteiger partial charge on any atom is -0.0622 e. The van der Waals surface area contributed by atoms with Gasteiger partial charge in [0.2, 0.25) is 0 Å². The molecule has 0 nitrogen and oxygen atoms in total. The zero-order valence-corrected chi connectivity index (χ0v) is 31.2. The molecule has 250 valence electrons. The molecule has 2 atom stereocenters. The van der Waals surface area contributed by atoms with Gasteiger partial charge in [0, 0.05) is 21.4 Å². The average Bonchev–Trinajstić information content (AvgIpc) is 3.74. The largest absolute Gasteiger partial charge is 0.0622 e. The van der Waals surface area contributed by atoms with E-state index in [0.29, 0.717) is 23.7 Å². The molecule has 0 saturated heterocycles.